The molecular formula is C29H29FN2O3. The molecule has 0 spiro atoms. The van der Waals surface area contributed by atoms with Crippen molar-refractivity contribution >= 4 is 22.7 Å². The van der Waals surface area contributed by atoms with Crippen LogP contribution in [0.1, 0.15) is 39.2 Å². The molecule has 35 heavy (non-hydrogen) atoms. The number of halogens is 1. The maximum absolute atomic E-state index is 13.7. The highest BCUT2D eigenvalue weighted by Gasteiger charge is 2.27. The number of nitrogens with zero attached hydrogens (tertiary/aromatic N) is 1. The summed E-state index contributed by atoms with van der Waals surface area (Å²) >= 11 is 0. The molecule has 1 unspecified atom stereocenters. The smallest absolute Gasteiger partial charge is 0.272 e. The second-order valence-electron chi connectivity index (χ2n) is 9.65. The number of hydrogen-bond acceptors (Lipinski definition) is 5. The summed E-state index contributed by atoms with van der Waals surface area (Å²) in [4.78, 5) is 26.4. The zero-order valence-corrected chi connectivity index (χ0v) is 20.3. The molecule has 0 saturated carbocycles. The first-order valence-electron chi connectivity index (χ1n) is 11.6. The molecule has 4 aromatic carbocycles. The van der Waals surface area contributed by atoms with Crippen molar-refractivity contribution in [2.24, 2.45) is 0 Å². The fourth-order valence-electron chi connectivity index (χ4n) is 3.93. The lowest BCUT2D eigenvalue weighted by Gasteiger charge is -2.29. The molecule has 1 atom stereocenters. The van der Waals surface area contributed by atoms with Gasteiger partial charge in [0.25, 0.3) is 10.9 Å². The molecule has 1 N–H and O–H groups in total. The lowest BCUT2D eigenvalue weighted by Crippen LogP contribution is -2.39. The summed E-state index contributed by atoms with van der Waals surface area (Å²) in [6, 6.07) is 24.1. The minimum absolute atomic E-state index is 0.0565. The van der Waals surface area contributed by atoms with Crippen LogP contribution in [0.4, 0.5) is 27.1 Å². The van der Waals surface area contributed by atoms with Crippen molar-refractivity contribution in [3.8, 4) is 5.75 Å². The lowest BCUT2D eigenvalue weighted by atomic mass is 10.00. The van der Waals surface area contributed by atoms with E-state index in [0.717, 1.165) is 11.4 Å². The van der Waals surface area contributed by atoms with Crippen LogP contribution in [0.25, 0.3) is 0 Å². The van der Waals surface area contributed by atoms with E-state index >= 15 is 0 Å². The zero-order valence-electron chi connectivity index (χ0n) is 20.3. The first kappa shape index (κ1) is 24.2. The maximum atomic E-state index is 13.7. The first-order chi connectivity index (χ1) is 16.6. The second kappa shape index (κ2) is 9.74. The van der Waals surface area contributed by atoms with Crippen LogP contribution >= 0.6 is 0 Å². The average molecular weight is 473 g/mol. The number of nitrogens with one attached hydrogen (secondary N) is 1. The largest absolute Gasteiger partial charge is 0.482 e. The van der Waals surface area contributed by atoms with E-state index in [-0.39, 0.29) is 23.2 Å². The standard InChI is InChI=1S/C29H29FN2O3/c1-19(20-9-6-5-7-10-20)18-32(23-15-13-21(30)14-16-23)24-12-8-11-22(17-24)31-25-26(33)27(34)28(25)35-29(2,3)4/h5-17,19,31H,18H2,1-4H3. The molecule has 0 bridgehead atoms. The third-order valence-electron chi connectivity index (χ3n) is 5.67. The Hall–Kier alpha value is -3.93. The molecule has 0 aliphatic rings. The maximum Gasteiger partial charge on any atom is 0.272 e. The average Bonchev–Trinajstić information content (AvgIpc) is 2.85. The van der Waals surface area contributed by atoms with Crippen LogP contribution < -0.4 is 25.8 Å². The van der Waals surface area contributed by atoms with Gasteiger partial charge in [0, 0.05) is 23.6 Å². The Morgan fingerprint density at radius 1 is 0.886 bits per heavy atom. The SMILES string of the molecule is CC(CN(c1ccc(F)cc1)c1cccc(Nc2c(OC(C)(C)C)c(=O)c2=O)c1)c1ccccc1. The van der Waals surface area contributed by atoms with Gasteiger partial charge in [-0.2, -0.15) is 0 Å². The molecule has 0 fully saturated rings. The Kier molecular flexibility index (Phi) is 6.74. The summed E-state index contributed by atoms with van der Waals surface area (Å²) in [5, 5.41) is 3.07. The fraction of sp³-hybridized carbons (Fsp3) is 0.241. The molecule has 5 nitrogen and oxygen atoms in total. The van der Waals surface area contributed by atoms with Crippen molar-refractivity contribution in [3.05, 3.63) is 111 Å². The minimum Gasteiger partial charge on any atom is -0.482 e. The van der Waals surface area contributed by atoms with Crippen molar-refractivity contribution in [1.29, 1.82) is 0 Å². The van der Waals surface area contributed by atoms with Crippen molar-refractivity contribution in [2.75, 3.05) is 16.8 Å². The summed E-state index contributed by atoms with van der Waals surface area (Å²) in [5.74, 6) is -0.0501. The number of rotatable bonds is 8. The van der Waals surface area contributed by atoms with E-state index in [1.165, 1.54) is 17.7 Å². The van der Waals surface area contributed by atoms with Crippen molar-refractivity contribution in [1.82, 2.24) is 0 Å². The van der Waals surface area contributed by atoms with Gasteiger partial charge in [-0.05, 0) is 74.7 Å². The van der Waals surface area contributed by atoms with Gasteiger partial charge in [-0.15, -0.1) is 0 Å². The van der Waals surface area contributed by atoms with Gasteiger partial charge in [0.1, 0.15) is 17.1 Å². The zero-order chi connectivity index (χ0) is 25.2. The second-order valence-corrected chi connectivity index (χ2v) is 9.65. The summed E-state index contributed by atoms with van der Waals surface area (Å²) in [6.45, 7) is 8.26. The molecule has 6 heteroatoms. The first-order valence-corrected chi connectivity index (χ1v) is 11.6. The van der Waals surface area contributed by atoms with Gasteiger partial charge in [-0.25, -0.2) is 4.39 Å². The van der Waals surface area contributed by atoms with E-state index in [2.05, 4.69) is 29.3 Å². The number of benzene rings is 3. The Balaban J connectivity index is 1.66. The van der Waals surface area contributed by atoms with Gasteiger partial charge < -0.3 is 15.0 Å². The third kappa shape index (κ3) is 5.60. The number of hydrogen-bond donors (Lipinski definition) is 1. The van der Waals surface area contributed by atoms with Crippen LogP contribution in [0.5, 0.6) is 5.75 Å². The Morgan fingerprint density at radius 2 is 1.57 bits per heavy atom. The van der Waals surface area contributed by atoms with Crippen LogP contribution in [0.2, 0.25) is 0 Å². The fourth-order valence-corrected chi connectivity index (χ4v) is 3.93. The highest BCUT2D eigenvalue weighted by atomic mass is 19.1. The normalized spacial score (nSPS) is 12.4. The molecule has 0 aliphatic heterocycles. The van der Waals surface area contributed by atoms with Gasteiger partial charge in [-0.1, -0.05) is 43.3 Å². The van der Waals surface area contributed by atoms with E-state index < -0.39 is 16.5 Å². The third-order valence-corrected chi connectivity index (χ3v) is 5.67. The molecule has 0 aliphatic carbocycles. The van der Waals surface area contributed by atoms with E-state index in [4.69, 9.17) is 4.74 Å². The van der Waals surface area contributed by atoms with Crippen LogP contribution in [-0.4, -0.2) is 12.1 Å². The van der Waals surface area contributed by atoms with E-state index in [1.807, 2.05) is 63.2 Å². The molecule has 4 aromatic rings. The molecule has 180 valence electrons. The Labute approximate surface area is 204 Å². The van der Waals surface area contributed by atoms with Gasteiger partial charge in [0.2, 0.25) is 0 Å². The van der Waals surface area contributed by atoms with Crippen LogP contribution in [-0.2, 0) is 0 Å². The summed E-state index contributed by atoms with van der Waals surface area (Å²) in [7, 11) is 0. The van der Waals surface area contributed by atoms with E-state index in [9.17, 15) is 14.0 Å². The quantitative estimate of drug-likeness (QED) is 0.306. The van der Waals surface area contributed by atoms with Gasteiger partial charge in [0.05, 0.1) is 0 Å². The summed E-state index contributed by atoms with van der Waals surface area (Å²) in [6.07, 6.45) is 0. The predicted octanol–water partition coefficient (Wildman–Crippen LogP) is 6.28. The Bertz CT molecular complexity index is 1370. The summed E-state index contributed by atoms with van der Waals surface area (Å²) < 4.78 is 19.4. The Morgan fingerprint density at radius 3 is 2.23 bits per heavy atom. The van der Waals surface area contributed by atoms with Crippen molar-refractivity contribution in [3.63, 3.8) is 0 Å². The monoisotopic (exact) mass is 472 g/mol. The molecule has 0 aromatic heterocycles. The highest BCUT2D eigenvalue weighted by Crippen LogP contribution is 2.33. The van der Waals surface area contributed by atoms with Gasteiger partial charge >= 0.3 is 0 Å². The molecule has 0 radical (unpaired) electrons. The molecule has 0 heterocycles. The number of ether oxygens (including phenoxy) is 1. The van der Waals surface area contributed by atoms with E-state index in [0.29, 0.717) is 12.2 Å². The highest BCUT2D eigenvalue weighted by molar-refractivity contribution is 5.74. The number of anilines is 4. The molecule has 0 saturated heterocycles. The van der Waals surface area contributed by atoms with Crippen LogP contribution in [0.3, 0.4) is 0 Å². The lowest BCUT2D eigenvalue weighted by molar-refractivity contribution is 0.128. The molecule has 0 amide bonds. The van der Waals surface area contributed by atoms with Crippen LogP contribution in [0, 0.1) is 5.82 Å². The van der Waals surface area contributed by atoms with Gasteiger partial charge in [-0.3, -0.25) is 9.59 Å². The minimum atomic E-state index is -0.622. The molecular weight excluding hydrogens is 443 g/mol. The van der Waals surface area contributed by atoms with E-state index in [1.54, 1.807) is 12.1 Å². The van der Waals surface area contributed by atoms with Gasteiger partial charge in [0.15, 0.2) is 5.75 Å². The van der Waals surface area contributed by atoms with Crippen molar-refractivity contribution in [2.45, 2.75) is 39.2 Å². The summed E-state index contributed by atoms with van der Waals surface area (Å²) in [5.41, 5.74) is 1.89. The molecule has 4 rings (SSSR count). The van der Waals surface area contributed by atoms with Crippen LogP contribution in [0.15, 0.2) is 88.5 Å². The van der Waals surface area contributed by atoms with Crippen molar-refractivity contribution < 1.29 is 9.13 Å². The topological polar surface area (TPSA) is 58.6 Å². The predicted molar refractivity (Wildman–Crippen MR) is 140 cm³/mol.